The van der Waals surface area contributed by atoms with Gasteiger partial charge in [0.05, 0.1) is 25.4 Å². The number of carbonyl (C=O) groups excluding carboxylic acids is 2. The molecule has 0 spiro atoms. The van der Waals surface area contributed by atoms with Crippen molar-refractivity contribution >= 4 is 11.9 Å². The second kappa shape index (κ2) is 58.2. The number of esters is 1. The van der Waals surface area contributed by atoms with Gasteiger partial charge in [0.15, 0.2) is 0 Å². The summed E-state index contributed by atoms with van der Waals surface area (Å²) in [6.45, 7) is 4.95. The van der Waals surface area contributed by atoms with Crippen LogP contribution in [0.15, 0.2) is 12.2 Å². The molecule has 0 aromatic heterocycles. The van der Waals surface area contributed by atoms with Crippen LogP contribution in [0.25, 0.3) is 0 Å². The standard InChI is InChI=1S/C62H121NO5/c1-3-5-7-9-11-13-15-17-19-20-21-22-23-24-25-26-28-30-34-38-42-46-50-54-60(65)59(58-64)63-61(66)55-51-47-43-39-35-31-29-33-37-41-45-49-53-57-68-62(67)56-52-48-44-40-36-32-27-18-16-14-12-10-8-6-4-2/h18,27,59-60,64-65H,3-17,19-26,28-58H2,1-2H3,(H,63,66)/b27-18-. The molecule has 0 aliphatic carbocycles. The van der Waals surface area contributed by atoms with E-state index in [-0.39, 0.29) is 18.5 Å². The van der Waals surface area contributed by atoms with Gasteiger partial charge in [0.25, 0.3) is 0 Å². The highest BCUT2D eigenvalue weighted by Gasteiger charge is 2.20. The fourth-order valence-electron chi connectivity index (χ4n) is 9.81. The van der Waals surface area contributed by atoms with Crippen molar-refractivity contribution in [1.29, 1.82) is 0 Å². The summed E-state index contributed by atoms with van der Waals surface area (Å²) in [7, 11) is 0. The van der Waals surface area contributed by atoms with Gasteiger partial charge in [0, 0.05) is 12.8 Å². The molecule has 0 aliphatic rings. The molecule has 404 valence electrons. The molecule has 6 nitrogen and oxygen atoms in total. The van der Waals surface area contributed by atoms with Crippen LogP contribution in [0.5, 0.6) is 0 Å². The molecular weight excluding hydrogens is 839 g/mol. The van der Waals surface area contributed by atoms with Gasteiger partial charge in [-0.2, -0.15) is 0 Å². The van der Waals surface area contributed by atoms with E-state index in [4.69, 9.17) is 4.74 Å². The highest BCUT2D eigenvalue weighted by atomic mass is 16.5. The molecule has 1 amide bonds. The van der Waals surface area contributed by atoms with E-state index in [9.17, 15) is 19.8 Å². The predicted octanol–water partition coefficient (Wildman–Crippen LogP) is 19.2. The maximum Gasteiger partial charge on any atom is 0.305 e. The number of aliphatic hydroxyl groups excluding tert-OH is 2. The third kappa shape index (κ3) is 53.9. The zero-order chi connectivity index (χ0) is 49.3. The molecule has 3 N–H and O–H groups in total. The number of unbranched alkanes of at least 4 members (excludes halogenated alkanes) is 45. The Balaban J connectivity index is 3.44. The Hall–Kier alpha value is -1.40. The average Bonchev–Trinajstić information content (AvgIpc) is 3.34. The largest absolute Gasteiger partial charge is 0.466 e. The summed E-state index contributed by atoms with van der Waals surface area (Å²) in [6.07, 6.45) is 69.2. The number of aliphatic hydroxyl groups is 2. The molecule has 2 atom stereocenters. The maximum absolute atomic E-state index is 12.5. The summed E-state index contributed by atoms with van der Waals surface area (Å²) in [5.41, 5.74) is 0. The molecule has 0 radical (unpaired) electrons. The van der Waals surface area contributed by atoms with Gasteiger partial charge in [-0.1, -0.05) is 296 Å². The van der Waals surface area contributed by atoms with E-state index < -0.39 is 12.1 Å². The Morgan fingerprint density at radius 3 is 1.04 bits per heavy atom. The van der Waals surface area contributed by atoms with E-state index in [0.717, 1.165) is 51.4 Å². The van der Waals surface area contributed by atoms with Gasteiger partial charge in [-0.3, -0.25) is 9.59 Å². The van der Waals surface area contributed by atoms with Crippen LogP contribution < -0.4 is 5.32 Å². The van der Waals surface area contributed by atoms with Crippen LogP contribution in [0.4, 0.5) is 0 Å². The number of ether oxygens (including phenoxy) is 1. The number of allylic oxidation sites excluding steroid dienone is 2. The molecule has 2 unspecified atom stereocenters. The zero-order valence-corrected chi connectivity index (χ0v) is 46.1. The van der Waals surface area contributed by atoms with Crippen molar-refractivity contribution in [2.45, 2.75) is 360 Å². The van der Waals surface area contributed by atoms with Crippen molar-refractivity contribution in [3.8, 4) is 0 Å². The fourth-order valence-corrected chi connectivity index (χ4v) is 9.81. The number of nitrogens with one attached hydrogen (secondary N) is 1. The van der Waals surface area contributed by atoms with Crippen LogP contribution in [0.1, 0.15) is 348 Å². The minimum Gasteiger partial charge on any atom is -0.466 e. The molecule has 0 saturated carbocycles. The van der Waals surface area contributed by atoms with Crippen LogP contribution in [0.3, 0.4) is 0 Å². The van der Waals surface area contributed by atoms with Gasteiger partial charge < -0.3 is 20.3 Å². The van der Waals surface area contributed by atoms with Crippen LogP contribution in [0, 0.1) is 0 Å². The van der Waals surface area contributed by atoms with Crippen molar-refractivity contribution in [3.63, 3.8) is 0 Å². The molecular formula is C62H121NO5. The van der Waals surface area contributed by atoms with Gasteiger partial charge in [0.1, 0.15) is 0 Å². The number of rotatable bonds is 58. The van der Waals surface area contributed by atoms with E-state index in [1.165, 1.54) is 263 Å². The highest BCUT2D eigenvalue weighted by molar-refractivity contribution is 5.76. The lowest BCUT2D eigenvalue weighted by Crippen LogP contribution is -2.45. The lowest BCUT2D eigenvalue weighted by molar-refractivity contribution is -0.143. The summed E-state index contributed by atoms with van der Waals surface area (Å²) in [6, 6.07) is -0.552. The topological polar surface area (TPSA) is 95.9 Å². The number of carbonyl (C=O) groups is 2. The Bertz CT molecular complexity index is 1020. The Kier molecular flexibility index (Phi) is 57.0. The molecule has 0 bridgehead atoms. The summed E-state index contributed by atoms with van der Waals surface area (Å²) in [5.74, 6) is -0.0560. The molecule has 0 aliphatic heterocycles. The lowest BCUT2D eigenvalue weighted by Gasteiger charge is -2.22. The second-order valence-electron chi connectivity index (χ2n) is 21.4. The molecule has 0 aromatic rings. The Labute approximate surface area is 425 Å². The molecule has 0 aromatic carbocycles. The van der Waals surface area contributed by atoms with Crippen molar-refractivity contribution in [3.05, 3.63) is 12.2 Å². The molecule has 0 saturated heterocycles. The Morgan fingerprint density at radius 1 is 0.397 bits per heavy atom. The summed E-state index contributed by atoms with van der Waals surface area (Å²) in [4.78, 5) is 24.6. The zero-order valence-electron chi connectivity index (χ0n) is 46.1. The van der Waals surface area contributed by atoms with Gasteiger partial charge in [-0.05, 0) is 51.4 Å². The van der Waals surface area contributed by atoms with Crippen LogP contribution in [-0.2, 0) is 14.3 Å². The summed E-state index contributed by atoms with van der Waals surface area (Å²) in [5, 5.41) is 23.4. The van der Waals surface area contributed by atoms with Crippen molar-refractivity contribution < 1.29 is 24.5 Å². The first-order chi connectivity index (χ1) is 33.5. The molecule has 0 rings (SSSR count). The first-order valence-corrected chi connectivity index (χ1v) is 30.9. The molecule has 0 fully saturated rings. The number of amides is 1. The Morgan fingerprint density at radius 2 is 0.691 bits per heavy atom. The van der Waals surface area contributed by atoms with Crippen molar-refractivity contribution in [2.75, 3.05) is 13.2 Å². The third-order valence-corrected chi connectivity index (χ3v) is 14.6. The monoisotopic (exact) mass is 960 g/mol. The quantitative estimate of drug-likeness (QED) is 0.0321. The second-order valence-corrected chi connectivity index (χ2v) is 21.4. The maximum atomic E-state index is 12.5. The van der Waals surface area contributed by atoms with Crippen LogP contribution >= 0.6 is 0 Å². The lowest BCUT2D eigenvalue weighted by atomic mass is 10.0. The third-order valence-electron chi connectivity index (χ3n) is 14.6. The van der Waals surface area contributed by atoms with Crippen LogP contribution in [-0.4, -0.2) is 47.4 Å². The van der Waals surface area contributed by atoms with Crippen molar-refractivity contribution in [1.82, 2.24) is 5.32 Å². The summed E-state index contributed by atoms with van der Waals surface area (Å²) >= 11 is 0. The number of hydrogen-bond acceptors (Lipinski definition) is 5. The number of hydrogen-bond donors (Lipinski definition) is 3. The minimum absolute atomic E-state index is 0.0120. The van der Waals surface area contributed by atoms with E-state index in [2.05, 4.69) is 31.3 Å². The highest BCUT2D eigenvalue weighted by Crippen LogP contribution is 2.18. The SMILES string of the molecule is CCCCCCCC/C=C\CCCCCCCC(=O)OCCCCCCCCCCCCCCCC(=O)NC(CO)C(O)CCCCCCCCCCCCCCCCCCCCCCCCC. The summed E-state index contributed by atoms with van der Waals surface area (Å²) < 4.78 is 5.47. The first-order valence-electron chi connectivity index (χ1n) is 30.9. The van der Waals surface area contributed by atoms with E-state index in [0.29, 0.717) is 25.9 Å². The minimum atomic E-state index is -0.674. The van der Waals surface area contributed by atoms with E-state index in [1.54, 1.807) is 0 Å². The first kappa shape index (κ1) is 66.6. The molecule has 0 heterocycles. The molecule has 6 heteroatoms. The van der Waals surface area contributed by atoms with Gasteiger partial charge in [-0.25, -0.2) is 0 Å². The van der Waals surface area contributed by atoms with Crippen LogP contribution in [0.2, 0.25) is 0 Å². The fraction of sp³-hybridized carbons (Fsp3) is 0.935. The van der Waals surface area contributed by atoms with Gasteiger partial charge in [0.2, 0.25) is 5.91 Å². The van der Waals surface area contributed by atoms with Crippen molar-refractivity contribution in [2.24, 2.45) is 0 Å². The normalized spacial score (nSPS) is 12.6. The predicted molar refractivity (Wildman–Crippen MR) is 297 cm³/mol. The van der Waals surface area contributed by atoms with E-state index in [1.807, 2.05) is 0 Å². The van der Waals surface area contributed by atoms with Gasteiger partial charge >= 0.3 is 5.97 Å². The molecule has 68 heavy (non-hydrogen) atoms. The van der Waals surface area contributed by atoms with Gasteiger partial charge in [-0.15, -0.1) is 0 Å². The van der Waals surface area contributed by atoms with E-state index >= 15 is 0 Å². The smallest absolute Gasteiger partial charge is 0.305 e. The average molecular weight is 961 g/mol.